The largest absolute Gasteiger partial charge is 0.495 e. The Morgan fingerprint density at radius 3 is 1.25 bits per heavy atom. The lowest BCUT2D eigenvalue weighted by Gasteiger charge is -2.13. The molecule has 20 heavy (non-hydrogen) atoms. The van der Waals surface area contributed by atoms with E-state index in [-0.39, 0.29) is 0 Å². The van der Waals surface area contributed by atoms with Crippen molar-refractivity contribution in [1.82, 2.24) is 0 Å². The van der Waals surface area contributed by atoms with Crippen LogP contribution in [0, 0.1) is 0 Å². The van der Waals surface area contributed by atoms with E-state index in [4.69, 9.17) is 55.9 Å². The average molecular weight is 352 g/mol. The van der Waals surface area contributed by atoms with Gasteiger partial charge in [-0.15, -0.1) is 0 Å². The summed E-state index contributed by atoms with van der Waals surface area (Å²) in [6.07, 6.45) is 0. The van der Waals surface area contributed by atoms with Crippen LogP contribution in [0.25, 0.3) is 11.1 Å². The molecule has 6 heteroatoms. The summed E-state index contributed by atoms with van der Waals surface area (Å²) in [6.45, 7) is 0. The smallest absolute Gasteiger partial charge is 0.139 e. The van der Waals surface area contributed by atoms with E-state index >= 15 is 0 Å². The predicted molar refractivity (Wildman–Crippen MR) is 85.0 cm³/mol. The van der Waals surface area contributed by atoms with E-state index < -0.39 is 0 Å². The SMILES string of the molecule is COc1ccc(-c2ccc(OC)c(Cl)c2Cl)c(Cl)c1Cl. The molecule has 0 spiro atoms. The fourth-order valence-electron chi connectivity index (χ4n) is 1.79. The molecule has 0 heterocycles. The van der Waals surface area contributed by atoms with Gasteiger partial charge in [-0.2, -0.15) is 0 Å². The first-order chi connectivity index (χ1) is 9.51. The molecule has 0 aliphatic carbocycles. The Balaban J connectivity index is 2.64. The maximum atomic E-state index is 6.26. The molecule has 2 rings (SSSR count). The third kappa shape index (κ3) is 2.66. The monoisotopic (exact) mass is 350 g/mol. The molecule has 2 aromatic carbocycles. The molecule has 0 N–H and O–H groups in total. The van der Waals surface area contributed by atoms with Gasteiger partial charge in [0.25, 0.3) is 0 Å². The van der Waals surface area contributed by atoms with Crippen LogP contribution in [-0.4, -0.2) is 14.2 Å². The Kier molecular flexibility index (Phi) is 4.92. The fourth-order valence-corrected chi connectivity index (χ4v) is 2.79. The summed E-state index contributed by atoms with van der Waals surface area (Å²) in [5.41, 5.74) is 1.35. The first-order valence-corrected chi connectivity index (χ1v) is 7.06. The Morgan fingerprint density at radius 1 is 0.600 bits per heavy atom. The van der Waals surface area contributed by atoms with E-state index in [9.17, 15) is 0 Å². The van der Waals surface area contributed by atoms with Crippen molar-refractivity contribution >= 4 is 46.4 Å². The quantitative estimate of drug-likeness (QED) is 0.676. The van der Waals surface area contributed by atoms with Crippen LogP contribution in [0.2, 0.25) is 20.1 Å². The number of hydrogen-bond donors (Lipinski definition) is 0. The molecular formula is C14H10Cl4O2. The summed E-state index contributed by atoms with van der Waals surface area (Å²) in [5, 5.41) is 1.37. The Labute approximate surface area is 137 Å². The van der Waals surface area contributed by atoms with Crippen LogP contribution >= 0.6 is 46.4 Å². The van der Waals surface area contributed by atoms with Gasteiger partial charge in [0, 0.05) is 11.1 Å². The van der Waals surface area contributed by atoms with E-state index in [0.29, 0.717) is 42.7 Å². The van der Waals surface area contributed by atoms with Gasteiger partial charge in [-0.1, -0.05) is 46.4 Å². The van der Waals surface area contributed by atoms with Crippen molar-refractivity contribution in [2.24, 2.45) is 0 Å². The van der Waals surface area contributed by atoms with E-state index in [1.165, 1.54) is 14.2 Å². The van der Waals surface area contributed by atoms with Gasteiger partial charge in [-0.05, 0) is 24.3 Å². The molecule has 0 aromatic heterocycles. The van der Waals surface area contributed by atoms with E-state index in [0.717, 1.165) is 0 Å². The first kappa shape index (κ1) is 15.6. The highest BCUT2D eigenvalue weighted by Crippen LogP contribution is 2.45. The van der Waals surface area contributed by atoms with Crippen LogP contribution in [0.1, 0.15) is 0 Å². The highest BCUT2D eigenvalue weighted by molar-refractivity contribution is 6.47. The molecule has 0 saturated heterocycles. The molecule has 2 nitrogen and oxygen atoms in total. The second-order valence-electron chi connectivity index (χ2n) is 3.89. The Bertz CT molecular complexity index is 599. The number of methoxy groups -OCH3 is 2. The van der Waals surface area contributed by atoms with Crippen molar-refractivity contribution in [2.75, 3.05) is 14.2 Å². The Morgan fingerprint density at radius 2 is 0.950 bits per heavy atom. The standard InChI is InChI=1S/C14H10Cl4O2/c1-19-9-5-3-7(11(15)13(9)17)8-4-6-10(20-2)14(18)12(8)16/h3-6H,1-2H3. The van der Waals surface area contributed by atoms with Gasteiger partial charge in [0.15, 0.2) is 0 Å². The molecule has 0 saturated carbocycles. The molecule has 0 fully saturated rings. The van der Waals surface area contributed by atoms with E-state index in [1.54, 1.807) is 24.3 Å². The highest BCUT2D eigenvalue weighted by atomic mass is 35.5. The topological polar surface area (TPSA) is 18.5 Å². The zero-order valence-corrected chi connectivity index (χ0v) is 13.7. The van der Waals surface area contributed by atoms with Gasteiger partial charge >= 0.3 is 0 Å². The zero-order valence-electron chi connectivity index (χ0n) is 10.6. The summed E-state index contributed by atoms with van der Waals surface area (Å²) in [4.78, 5) is 0. The molecule has 0 aliphatic heterocycles. The summed E-state index contributed by atoms with van der Waals surface area (Å²) >= 11 is 24.8. The number of benzene rings is 2. The summed E-state index contributed by atoms with van der Waals surface area (Å²) in [5.74, 6) is 0.993. The van der Waals surface area contributed by atoms with Gasteiger partial charge in [0.2, 0.25) is 0 Å². The minimum Gasteiger partial charge on any atom is -0.495 e. The normalized spacial score (nSPS) is 10.5. The first-order valence-electron chi connectivity index (χ1n) is 5.55. The fraction of sp³-hybridized carbons (Fsp3) is 0.143. The van der Waals surface area contributed by atoms with Crippen molar-refractivity contribution in [3.05, 3.63) is 44.4 Å². The minimum absolute atomic E-state index is 0.328. The second kappa shape index (κ2) is 6.31. The van der Waals surface area contributed by atoms with Crippen molar-refractivity contribution in [2.45, 2.75) is 0 Å². The lowest BCUT2D eigenvalue weighted by Crippen LogP contribution is -1.90. The Hall–Kier alpha value is -0.800. The second-order valence-corrected chi connectivity index (χ2v) is 5.40. The van der Waals surface area contributed by atoms with Crippen molar-refractivity contribution < 1.29 is 9.47 Å². The maximum Gasteiger partial charge on any atom is 0.139 e. The van der Waals surface area contributed by atoms with Crippen LogP contribution < -0.4 is 9.47 Å². The number of hydrogen-bond acceptors (Lipinski definition) is 2. The molecule has 0 aliphatic rings. The maximum absolute atomic E-state index is 6.26. The number of rotatable bonds is 3. The number of halogens is 4. The molecule has 0 amide bonds. The molecule has 0 unspecified atom stereocenters. The van der Waals surface area contributed by atoms with Gasteiger partial charge in [-0.3, -0.25) is 0 Å². The van der Waals surface area contributed by atoms with Crippen LogP contribution in [-0.2, 0) is 0 Å². The summed E-state index contributed by atoms with van der Waals surface area (Å²) < 4.78 is 10.2. The molecular weight excluding hydrogens is 342 g/mol. The third-order valence-electron chi connectivity index (χ3n) is 2.82. The molecule has 106 valence electrons. The van der Waals surface area contributed by atoms with E-state index in [2.05, 4.69) is 0 Å². The van der Waals surface area contributed by atoms with Gasteiger partial charge < -0.3 is 9.47 Å². The van der Waals surface area contributed by atoms with Crippen LogP contribution in [0.15, 0.2) is 24.3 Å². The average Bonchev–Trinajstić information content (AvgIpc) is 2.45. The number of ether oxygens (including phenoxy) is 2. The minimum atomic E-state index is 0.328. The van der Waals surface area contributed by atoms with Gasteiger partial charge in [0.1, 0.15) is 21.5 Å². The van der Waals surface area contributed by atoms with Crippen molar-refractivity contribution in [3.8, 4) is 22.6 Å². The predicted octanol–water partition coefficient (Wildman–Crippen LogP) is 5.98. The van der Waals surface area contributed by atoms with Crippen LogP contribution in [0.3, 0.4) is 0 Å². The van der Waals surface area contributed by atoms with Gasteiger partial charge in [-0.25, -0.2) is 0 Å². The van der Waals surface area contributed by atoms with E-state index in [1.807, 2.05) is 0 Å². The van der Waals surface area contributed by atoms with Crippen LogP contribution in [0.5, 0.6) is 11.5 Å². The molecule has 0 radical (unpaired) electrons. The van der Waals surface area contributed by atoms with Crippen LogP contribution in [0.4, 0.5) is 0 Å². The van der Waals surface area contributed by atoms with Gasteiger partial charge in [0.05, 0.1) is 24.3 Å². The molecule has 0 atom stereocenters. The lowest BCUT2D eigenvalue weighted by atomic mass is 10.0. The highest BCUT2D eigenvalue weighted by Gasteiger charge is 2.17. The molecule has 0 bridgehead atoms. The molecule has 2 aromatic rings. The third-order valence-corrected chi connectivity index (χ3v) is 4.55. The lowest BCUT2D eigenvalue weighted by molar-refractivity contribution is 0.415. The zero-order chi connectivity index (χ0) is 14.9. The summed E-state index contributed by atoms with van der Waals surface area (Å²) in [7, 11) is 3.04. The van der Waals surface area contributed by atoms with Crippen molar-refractivity contribution in [3.63, 3.8) is 0 Å². The van der Waals surface area contributed by atoms with Crippen molar-refractivity contribution in [1.29, 1.82) is 0 Å². The summed E-state index contributed by atoms with van der Waals surface area (Å²) in [6, 6.07) is 6.99.